The Labute approximate surface area is 174 Å². The summed E-state index contributed by atoms with van der Waals surface area (Å²) < 4.78 is 10.6. The van der Waals surface area contributed by atoms with E-state index >= 15 is 0 Å². The fourth-order valence-corrected chi connectivity index (χ4v) is 3.43. The van der Waals surface area contributed by atoms with Crippen LogP contribution in [0.5, 0.6) is 0 Å². The van der Waals surface area contributed by atoms with Crippen LogP contribution in [-0.2, 0) is 11.3 Å². The van der Waals surface area contributed by atoms with Crippen molar-refractivity contribution in [1.82, 2.24) is 5.16 Å². The van der Waals surface area contributed by atoms with Crippen LogP contribution in [0.1, 0.15) is 47.4 Å². The standard InChI is InChI=1S/C24H20ClNO3/c25-21-13-11-19(12-14-21)23-15-22(29-26-23)16-28-24(27)20-9-7-18(8-10-20)6-5-17-3-1-2-4-17/h7-15,17H,1-4,16H2. The van der Waals surface area contributed by atoms with Crippen molar-refractivity contribution in [3.8, 4) is 23.1 Å². The van der Waals surface area contributed by atoms with E-state index in [4.69, 9.17) is 20.9 Å². The number of esters is 1. The molecule has 1 saturated carbocycles. The number of hydrogen-bond acceptors (Lipinski definition) is 4. The quantitative estimate of drug-likeness (QED) is 0.401. The number of halogens is 1. The van der Waals surface area contributed by atoms with Crippen molar-refractivity contribution in [2.75, 3.05) is 0 Å². The topological polar surface area (TPSA) is 52.3 Å². The lowest BCUT2D eigenvalue weighted by Gasteiger charge is -2.02. The summed E-state index contributed by atoms with van der Waals surface area (Å²) in [4.78, 5) is 12.3. The summed E-state index contributed by atoms with van der Waals surface area (Å²) in [5.74, 6) is 7.09. The molecule has 0 amide bonds. The Morgan fingerprint density at radius 2 is 1.83 bits per heavy atom. The van der Waals surface area contributed by atoms with Crippen LogP contribution < -0.4 is 0 Å². The van der Waals surface area contributed by atoms with Crippen molar-refractivity contribution in [3.63, 3.8) is 0 Å². The van der Waals surface area contributed by atoms with E-state index in [1.807, 2.05) is 24.3 Å². The van der Waals surface area contributed by atoms with Gasteiger partial charge in [-0.15, -0.1) is 0 Å². The molecular weight excluding hydrogens is 386 g/mol. The molecule has 1 aromatic heterocycles. The Kier molecular flexibility index (Phi) is 5.97. The smallest absolute Gasteiger partial charge is 0.338 e. The number of carbonyl (C=O) groups excluding carboxylic acids is 1. The molecule has 5 heteroatoms. The minimum absolute atomic E-state index is 0.0165. The minimum atomic E-state index is -0.412. The van der Waals surface area contributed by atoms with Gasteiger partial charge < -0.3 is 9.26 Å². The average Bonchev–Trinajstić information content (AvgIpc) is 3.44. The molecule has 0 saturated heterocycles. The Morgan fingerprint density at radius 3 is 2.55 bits per heavy atom. The molecule has 29 heavy (non-hydrogen) atoms. The van der Waals surface area contributed by atoms with Gasteiger partial charge in [-0.2, -0.15) is 0 Å². The van der Waals surface area contributed by atoms with Gasteiger partial charge in [0.25, 0.3) is 0 Å². The Bertz CT molecular complexity index is 1040. The molecule has 4 nitrogen and oxygen atoms in total. The van der Waals surface area contributed by atoms with E-state index in [9.17, 15) is 4.79 Å². The van der Waals surface area contributed by atoms with E-state index in [2.05, 4.69) is 17.0 Å². The highest BCUT2D eigenvalue weighted by Crippen LogP contribution is 2.24. The second kappa shape index (κ2) is 8.98. The second-order valence-corrected chi connectivity index (χ2v) is 7.53. The number of carbonyl (C=O) groups is 1. The summed E-state index contributed by atoms with van der Waals surface area (Å²) in [6.45, 7) is 0.0165. The number of ether oxygens (including phenoxy) is 1. The van der Waals surface area contributed by atoms with Gasteiger partial charge in [0.05, 0.1) is 5.56 Å². The zero-order chi connectivity index (χ0) is 20.1. The molecule has 1 fully saturated rings. The van der Waals surface area contributed by atoms with Crippen molar-refractivity contribution < 1.29 is 14.1 Å². The summed E-state index contributed by atoms with van der Waals surface area (Å²) in [6, 6.07) is 16.2. The number of nitrogens with zero attached hydrogens (tertiary/aromatic N) is 1. The van der Waals surface area contributed by atoms with Gasteiger partial charge >= 0.3 is 5.97 Å². The van der Waals surface area contributed by atoms with Crippen molar-refractivity contribution in [2.24, 2.45) is 5.92 Å². The van der Waals surface area contributed by atoms with E-state index in [1.165, 1.54) is 25.7 Å². The first kappa shape index (κ1) is 19.3. The van der Waals surface area contributed by atoms with Crippen LogP contribution in [0.4, 0.5) is 0 Å². The Balaban J connectivity index is 1.33. The first-order chi connectivity index (χ1) is 14.2. The van der Waals surface area contributed by atoms with Crippen molar-refractivity contribution >= 4 is 17.6 Å². The fourth-order valence-electron chi connectivity index (χ4n) is 3.30. The normalized spacial score (nSPS) is 13.7. The Hall–Kier alpha value is -3.03. The van der Waals surface area contributed by atoms with Gasteiger partial charge in [-0.05, 0) is 49.2 Å². The molecule has 0 aliphatic heterocycles. The highest BCUT2D eigenvalue weighted by atomic mass is 35.5. The minimum Gasteiger partial charge on any atom is -0.454 e. The summed E-state index contributed by atoms with van der Waals surface area (Å²) in [7, 11) is 0. The van der Waals surface area contributed by atoms with E-state index < -0.39 is 5.97 Å². The first-order valence-electron chi connectivity index (χ1n) is 9.68. The average molecular weight is 406 g/mol. The molecule has 1 heterocycles. The SMILES string of the molecule is O=C(OCc1cc(-c2ccc(Cl)cc2)no1)c1ccc(C#CC2CCCC2)cc1. The first-order valence-corrected chi connectivity index (χ1v) is 10.1. The number of benzene rings is 2. The number of hydrogen-bond donors (Lipinski definition) is 0. The zero-order valence-corrected chi connectivity index (χ0v) is 16.6. The molecule has 0 spiro atoms. The fraction of sp³-hybridized carbons (Fsp3) is 0.250. The molecule has 1 aliphatic rings. The zero-order valence-electron chi connectivity index (χ0n) is 15.9. The molecule has 0 unspecified atom stereocenters. The molecule has 3 aromatic rings. The maximum absolute atomic E-state index is 12.3. The molecule has 0 N–H and O–H groups in total. The third-order valence-electron chi connectivity index (χ3n) is 4.94. The van der Waals surface area contributed by atoms with Crippen molar-refractivity contribution in [1.29, 1.82) is 0 Å². The van der Waals surface area contributed by atoms with Crippen LogP contribution in [0.2, 0.25) is 5.02 Å². The van der Waals surface area contributed by atoms with Crippen LogP contribution >= 0.6 is 11.6 Å². The van der Waals surface area contributed by atoms with Crippen LogP contribution in [0.3, 0.4) is 0 Å². The van der Waals surface area contributed by atoms with Crippen LogP contribution in [-0.4, -0.2) is 11.1 Å². The molecule has 0 bridgehead atoms. The van der Waals surface area contributed by atoms with E-state index in [-0.39, 0.29) is 6.61 Å². The monoisotopic (exact) mass is 405 g/mol. The second-order valence-electron chi connectivity index (χ2n) is 7.09. The highest BCUT2D eigenvalue weighted by Gasteiger charge is 2.12. The lowest BCUT2D eigenvalue weighted by atomic mass is 10.1. The van der Waals surface area contributed by atoms with Gasteiger partial charge in [0.15, 0.2) is 12.4 Å². The third kappa shape index (κ3) is 5.07. The van der Waals surface area contributed by atoms with Gasteiger partial charge in [0, 0.05) is 28.1 Å². The van der Waals surface area contributed by atoms with E-state index in [0.717, 1.165) is 11.1 Å². The summed E-state index contributed by atoms with van der Waals surface area (Å²) in [5.41, 5.74) is 2.94. The van der Waals surface area contributed by atoms with Crippen molar-refractivity contribution in [3.05, 3.63) is 76.5 Å². The highest BCUT2D eigenvalue weighted by molar-refractivity contribution is 6.30. The van der Waals surface area contributed by atoms with Gasteiger partial charge in [0.2, 0.25) is 0 Å². The lowest BCUT2D eigenvalue weighted by molar-refractivity contribution is 0.0437. The molecule has 0 radical (unpaired) electrons. The van der Waals surface area contributed by atoms with Crippen LogP contribution in [0, 0.1) is 17.8 Å². The maximum atomic E-state index is 12.3. The van der Waals surface area contributed by atoms with Crippen LogP contribution in [0.15, 0.2) is 59.1 Å². The van der Waals surface area contributed by atoms with Gasteiger partial charge in [0.1, 0.15) is 5.69 Å². The Morgan fingerprint density at radius 1 is 1.10 bits per heavy atom. The van der Waals surface area contributed by atoms with Gasteiger partial charge in [-0.1, -0.05) is 53.6 Å². The molecule has 146 valence electrons. The molecule has 0 atom stereocenters. The van der Waals surface area contributed by atoms with Gasteiger partial charge in [-0.25, -0.2) is 4.79 Å². The van der Waals surface area contributed by atoms with Gasteiger partial charge in [-0.3, -0.25) is 0 Å². The largest absolute Gasteiger partial charge is 0.454 e. The lowest BCUT2D eigenvalue weighted by Crippen LogP contribution is -2.04. The predicted octanol–water partition coefficient (Wildman–Crippen LogP) is 5.89. The number of aromatic nitrogens is 1. The molecule has 4 rings (SSSR count). The molecular formula is C24H20ClNO3. The van der Waals surface area contributed by atoms with Crippen LogP contribution in [0.25, 0.3) is 11.3 Å². The molecule has 1 aliphatic carbocycles. The summed E-state index contributed by atoms with van der Waals surface area (Å²) >= 11 is 5.90. The van der Waals surface area contributed by atoms with Crippen molar-refractivity contribution in [2.45, 2.75) is 32.3 Å². The van der Waals surface area contributed by atoms with E-state index in [0.29, 0.717) is 28.0 Å². The summed E-state index contributed by atoms with van der Waals surface area (Å²) in [6.07, 6.45) is 4.94. The van der Waals surface area contributed by atoms with E-state index in [1.54, 1.807) is 30.3 Å². The maximum Gasteiger partial charge on any atom is 0.338 e. The molecule has 2 aromatic carbocycles. The number of rotatable bonds is 4. The predicted molar refractivity (Wildman–Crippen MR) is 111 cm³/mol. The summed E-state index contributed by atoms with van der Waals surface area (Å²) in [5, 5.41) is 4.66. The third-order valence-corrected chi connectivity index (χ3v) is 5.19.